The molecule has 0 saturated heterocycles. The maximum absolute atomic E-state index is 12.9. The van der Waals surface area contributed by atoms with Crippen molar-refractivity contribution in [3.05, 3.63) is 27.7 Å². The molecule has 15 heavy (non-hydrogen) atoms. The van der Waals surface area contributed by atoms with E-state index >= 15 is 0 Å². The first-order valence-corrected chi connectivity index (χ1v) is 6.24. The zero-order valence-electron chi connectivity index (χ0n) is 6.49. The van der Waals surface area contributed by atoms with Gasteiger partial charge in [0, 0.05) is 10.7 Å². The summed E-state index contributed by atoms with van der Waals surface area (Å²) < 4.78 is 71.6. The van der Waals surface area contributed by atoms with Crippen LogP contribution in [0.2, 0.25) is 0 Å². The summed E-state index contributed by atoms with van der Waals surface area (Å²) >= 11 is 2.21. The van der Waals surface area contributed by atoms with Crippen LogP contribution in [-0.2, 0) is 9.05 Å². The Labute approximate surface area is 94.4 Å². The summed E-state index contributed by atoms with van der Waals surface area (Å²) in [7, 11) is -0.296. The first kappa shape index (κ1) is 12.7. The van der Waals surface area contributed by atoms with Crippen LogP contribution in [0.15, 0.2) is 9.37 Å². The van der Waals surface area contributed by atoms with Gasteiger partial charge in [0.25, 0.3) is 9.05 Å². The van der Waals surface area contributed by atoms with Gasteiger partial charge in [-0.3, -0.25) is 0 Å². The molecular formula is C6BrClF4O2S. The Morgan fingerprint density at radius 2 is 1.27 bits per heavy atom. The predicted octanol–water partition coefficient (Wildman–Crippen LogP) is 2.93. The van der Waals surface area contributed by atoms with Crippen LogP contribution in [0.5, 0.6) is 0 Å². The molecular weight excluding hydrogens is 327 g/mol. The average molecular weight is 327 g/mol. The molecule has 0 atom stereocenters. The summed E-state index contributed by atoms with van der Waals surface area (Å²) in [6.07, 6.45) is 0. The van der Waals surface area contributed by atoms with Crippen LogP contribution in [0.4, 0.5) is 17.6 Å². The summed E-state index contributed by atoms with van der Waals surface area (Å²) in [5, 5.41) is 0. The normalized spacial score (nSPS) is 11.9. The highest BCUT2D eigenvalue weighted by Crippen LogP contribution is 2.32. The molecule has 0 unspecified atom stereocenters. The van der Waals surface area contributed by atoms with Gasteiger partial charge in [-0.25, -0.2) is 26.0 Å². The van der Waals surface area contributed by atoms with Crippen LogP contribution in [0, 0.1) is 23.3 Å². The van der Waals surface area contributed by atoms with Gasteiger partial charge in [0.15, 0.2) is 28.2 Å². The van der Waals surface area contributed by atoms with E-state index in [1.807, 2.05) is 0 Å². The van der Waals surface area contributed by atoms with Crippen LogP contribution in [-0.4, -0.2) is 8.42 Å². The molecule has 0 N–H and O–H groups in total. The van der Waals surface area contributed by atoms with Gasteiger partial charge in [-0.2, -0.15) is 0 Å². The van der Waals surface area contributed by atoms with Crippen LogP contribution in [0.25, 0.3) is 0 Å². The molecule has 0 amide bonds. The maximum Gasteiger partial charge on any atom is 0.267 e. The van der Waals surface area contributed by atoms with Gasteiger partial charge in [-0.05, 0) is 15.9 Å². The minimum atomic E-state index is -4.90. The molecule has 9 heteroatoms. The standard InChI is InChI=1S/C6BrClF4O2S/c7-1-2(9)4(11)6(15(8,13)14)5(12)3(1)10. The molecule has 0 spiro atoms. The molecule has 1 aromatic carbocycles. The van der Waals surface area contributed by atoms with Gasteiger partial charge in [0.2, 0.25) is 0 Å². The lowest BCUT2D eigenvalue weighted by molar-refractivity contribution is 0.414. The van der Waals surface area contributed by atoms with Crippen molar-refractivity contribution >= 4 is 35.7 Å². The zero-order chi connectivity index (χ0) is 12.0. The third-order valence-corrected chi connectivity index (χ3v) is 3.42. The summed E-state index contributed by atoms with van der Waals surface area (Å²) in [6.45, 7) is 0. The van der Waals surface area contributed by atoms with E-state index in [4.69, 9.17) is 0 Å². The monoisotopic (exact) mass is 326 g/mol. The van der Waals surface area contributed by atoms with Crippen molar-refractivity contribution in [2.75, 3.05) is 0 Å². The summed E-state index contributed by atoms with van der Waals surface area (Å²) in [5.41, 5.74) is 0. The van der Waals surface area contributed by atoms with Crippen molar-refractivity contribution in [2.45, 2.75) is 4.90 Å². The quantitative estimate of drug-likeness (QED) is 0.344. The molecule has 0 aromatic heterocycles. The maximum atomic E-state index is 12.9. The second-order valence-electron chi connectivity index (χ2n) is 2.34. The lowest BCUT2D eigenvalue weighted by Crippen LogP contribution is -2.06. The lowest BCUT2D eigenvalue weighted by Gasteiger charge is -2.05. The van der Waals surface area contributed by atoms with Crippen molar-refractivity contribution in [3.63, 3.8) is 0 Å². The predicted molar refractivity (Wildman–Crippen MR) is 47.0 cm³/mol. The van der Waals surface area contributed by atoms with Gasteiger partial charge in [-0.1, -0.05) is 0 Å². The molecule has 84 valence electrons. The van der Waals surface area contributed by atoms with Crippen LogP contribution in [0.1, 0.15) is 0 Å². The highest BCUT2D eigenvalue weighted by atomic mass is 79.9. The highest BCUT2D eigenvalue weighted by molar-refractivity contribution is 9.10. The van der Waals surface area contributed by atoms with Crippen molar-refractivity contribution in [2.24, 2.45) is 0 Å². The Morgan fingerprint density at radius 3 is 1.53 bits per heavy atom. The van der Waals surface area contributed by atoms with Crippen LogP contribution < -0.4 is 0 Å². The average Bonchev–Trinajstić information content (AvgIpc) is 2.09. The fourth-order valence-electron chi connectivity index (χ4n) is 0.799. The molecule has 0 heterocycles. The molecule has 0 fully saturated rings. The van der Waals surface area contributed by atoms with E-state index in [2.05, 4.69) is 26.6 Å². The van der Waals surface area contributed by atoms with E-state index in [9.17, 15) is 26.0 Å². The fourth-order valence-corrected chi connectivity index (χ4v) is 2.16. The Hall–Kier alpha value is -0.340. The minimum Gasteiger partial charge on any atom is -0.207 e. The molecule has 0 radical (unpaired) electrons. The highest BCUT2D eigenvalue weighted by Gasteiger charge is 2.31. The Kier molecular flexibility index (Phi) is 3.32. The van der Waals surface area contributed by atoms with Crippen molar-refractivity contribution in [1.82, 2.24) is 0 Å². The van der Waals surface area contributed by atoms with Gasteiger partial charge in [0.05, 0.1) is 4.47 Å². The van der Waals surface area contributed by atoms with E-state index in [1.54, 1.807) is 0 Å². The molecule has 2 nitrogen and oxygen atoms in total. The molecule has 0 aliphatic carbocycles. The van der Waals surface area contributed by atoms with Crippen molar-refractivity contribution in [3.8, 4) is 0 Å². The van der Waals surface area contributed by atoms with E-state index < -0.39 is 41.7 Å². The molecule has 0 saturated carbocycles. The second-order valence-corrected chi connectivity index (χ2v) is 5.63. The fraction of sp³-hybridized carbons (Fsp3) is 0. The molecule has 0 bridgehead atoms. The van der Waals surface area contributed by atoms with E-state index in [-0.39, 0.29) is 0 Å². The third-order valence-electron chi connectivity index (χ3n) is 1.41. The third kappa shape index (κ3) is 2.11. The zero-order valence-corrected chi connectivity index (χ0v) is 9.65. The Balaban J connectivity index is 3.84. The number of hydrogen-bond acceptors (Lipinski definition) is 2. The summed E-state index contributed by atoms with van der Waals surface area (Å²) in [5.74, 6) is -7.88. The van der Waals surface area contributed by atoms with Crippen LogP contribution >= 0.6 is 26.6 Å². The number of halogens is 6. The Bertz CT molecular complexity index is 501. The topological polar surface area (TPSA) is 34.1 Å². The van der Waals surface area contributed by atoms with E-state index in [0.29, 0.717) is 0 Å². The minimum absolute atomic E-state index is 1.14. The summed E-state index contributed by atoms with van der Waals surface area (Å²) in [4.78, 5) is -1.85. The molecule has 0 aliphatic rings. The molecule has 0 aliphatic heterocycles. The van der Waals surface area contributed by atoms with Crippen molar-refractivity contribution < 1.29 is 26.0 Å². The van der Waals surface area contributed by atoms with Crippen LogP contribution in [0.3, 0.4) is 0 Å². The van der Waals surface area contributed by atoms with Gasteiger partial charge in [-0.15, -0.1) is 0 Å². The van der Waals surface area contributed by atoms with Gasteiger partial charge in [0.1, 0.15) is 0 Å². The first-order valence-electron chi connectivity index (χ1n) is 3.14. The molecule has 1 rings (SSSR count). The number of rotatable bonds is 1. The second kappa shape index (κ2) is 3.91. The summed E-state index contributed by atoms with van der Waals surface area (Å²) in [6, 6.07) is 0. The largest absolute Gasteiger partial charge is 0.267 e. The van der Waals surface area contributed by atoms with Crippen molar-refractivity contribution in [1.29, 1.82) is 0 Å². The lowest BCUT2D eigenvalue weighted by atomic mass is 10.3. The first-order chi connectivity index (χ1) is 6.68. The van der Waals surface area contributed by atoms with Gasteiger partial charge < -0.3 is 0 Å². The SMILES string of the molecule is O=S(=O)(Cl)c1c(F)c(F)c(Br)c(F)c1F. The number of hydrogen-bond donors (Lipinski definition) is 0. The Morgan fingerprint density at radius 1 is 0.933 bits per heavy atom. The molecule has 1 aromatic rings. The number of benzene rings is 1. The smallest absolute Gasteiger partial charge is 0.207 e. The van der Waals surface area contributed by atoms with E-state index in [1.165, 1.54) is 0 Å². The van der Waals surface area contributed by atoms with Gasteiger partial charge >= 0.3 is 0 Å². The van der Waals surface area contributed by atoms with E-state index in [0.717, 1.165) is 0 Å².